The monoisotopic (exact) mass is 293 g/mol. The summed E-state index contributed by atoms with van der Waals surface area (Å²) in [6.45, 7) is 1.35. The van der Waals surface area contributed by atoms with E-state index >= 15 is 0 Å². The number of carbonyl (C=O) groups is 1. The first-order chi connectivity index (χ1) is 9.94. The van der Waals surface area contributed by atoms with Gasteiger partial charge in [-0.3, -0.25) is 0 Å². The van der Waals surface area contributed by atoms with Gasteiger partial charge in [0.1, 0.15) is 5.82 Å². The minimum Gasteiger partial charge on any atom is -0.478 e. The minimum atomic E-state index is -1.05. The summed E-state index contributed by atoms with van der Waals surface area (Å²) in [6.07, 6.45) is 3.84. The molecule has 0 bridgehead atoms. The summed E-state index contributed by atoms with van der Waals surface area (Å²) in [5.41, 5.74) is 1.12. The lowest BCUT2D eigenvalue weighted by molar-refractivity contribution is -0.131. The lowest BCUT2D eigenvalue weighted by atomic mass is 9.82. The third-order valence-electron chi connectivity index (χ3n) is 3.72. The molecule has 1 aliphatic rings. The molecular weight excluding hydrogens is 273 g/mol. The van der Waals surface area contributed by atoms with Crippen LogP contribution >= 0.6 is 0 Å². The van der Waals surface area contributed by atoms with Gasteiger partial charge in [-0.15, -0.1) is 0 Å². The number of aliphatic hydroxyl groups excluding tert-OH is 1. The first-order valence-electron chi connectivity index (χ1n) is 7.00. The predicted octanol–water partition coefficient (Wildman–Crippen LogP) is 2.13. The van der Waals surface area contributed by atoms with Crippen molar-refractivity contribution in [2.45, 2.75) is 25.5 Å². The van der Waals surface area contributed by atoms with E-state index in [9.17, 15) is 14.3 Å². The smallest absolute Gasteiger partial charge is 0.328 e. The van der Waals surface area contributed by atoms with Crippen molar-refractivity contribution in [3.63, 3.8) is 0 Å². The highest BCUT2D eigenvalue weighted by molar-refractivity contribution is 5.85. The Morgan fingerprint density at radius 3 is 2.76 bits per heavy atom. The van der Waals surface area contributed by atoms with E-state index in [-0.39, 0.29) is 11.9 Å². The Hall–Kier alpha value is -1.72. The van der Waals surface area contributed by atoms with Crippen LogP contribution in [0.3, 0.4) is 0 Å². The molecule has 2 N–H and O–H groups in total. The van der Waals surface area contributed by atoms with Crippen molar-refractivity contribution in [2.75, 3.05) is 13.6 Å². The quantitative estimate of drug-likeness (QED) is 0.789. The number of hydrogen-bond donors (Lipinski definition) is 2. The van der Waals surface area contributed by atoms with Crippen LogP contribution in [0.5, 0.6) is 0 Å². The fourth-order valence-electron chi connectivity index (χ4n) is 2.61. The molecule has 1 saturated carbocycles. The maximum atomic E-state index is 14.0. The highest BCUT2D eigenvalue weighted by Gasteiger charge is 2.27. The van der Waals surface area contributed by atoms with Crippen LogP contribution in [0.15, 0.2) is 24.3 Å². The van der Waals surface area contributed by atoms with E-state index < -0.39 is 5.97 Å². The van der Waals surface area contributed by atoms with Gasteiger partial charge >= 0.3 is 5.97 Å². The highest BCUT2D eigenvalue weighted by Crippen LogP contribution is 2.28. The average Bonchev–Trinajstić information content (AvgIpc) is 2.37. The molecule has 4 nitrogen and oxygen atoms in total. The second-order valence-electron chi connectivity index (χ2n) is 5.71. The summed E-state index contributed by atoms with van der Waals surface area (Å²) in [4.78, 5) is 12.5. The third kappa shape index (κ3) is 4.65. The number of nitrogens with zero attached hydrogens (tertiary/aromatic N) is 1. The van der Waals surface area contributed by atoms with E-state index in [1.807, 2.05) is 11.9 Å². The number of benzene rings is 1. The number of rotatable bonds is 6. The first-order valence-corrected chi connectivity index (χ1v) is 7.00. The summed E-state index contributed by atoms with van der Waals surface area (Å²) in [5.74, 6) is -0.893. The molecule has 0 aliphatic heterocycles. The van der Waals surface area contributed by atoms with Gasteiger partial charge in [0.25, 0.3) is 0 Å². The zero-order valence-corrected chi connectivity index (χ0v) is 12.0. The van der Waals surface area contributed by atoms with Gasteiger partial charge in [0.05, 0.1) is 6.10 Å². The van der Waals surface area contributed by atoms with Crippen molar-refractivity contribution >= 4 is 12.0 Å². The number of carboxylic acid groups (broad SMARTS) is 1. The minimum absolute atomic E-state index is 0.166. The molecular formula is C16H20FNO3. The fraction of sp³-hybridized carbons (Fsp3) is 0.438. The van der Waals surface area contributed by atoms with Gasteiger partial charge < -0.3 is 15.1 Å². The average molecular weight is 293 g/mol. The van der Waals surface area contributed by atoms with Gasteiger partial charge in [0.15, 0.2) is 0 Å². The van der Waals surface area contributed by atoms with Crippen LogP contribution in [-0.2, 0) is 11.3 Å². The van der Waals surface area contributed by atoms with Gasteiger partial charge in [0, 0.05) is 24.7 Å². The topological polar surface area (TPSA) is 60.8 Å². The number of aliphatic hydroxyl groups is 1. The van der Waals surface area contributed by atoms with E-state index in [1.54, 1.807) is 12.1 Å². The maximum Gasteiger partial charge on any atom is 0.328 e. The molecule has 21 heavy (non-hydrogen) atoms. The van der Waals surface area contributed by atoms with Crippen molar-refractivity contribution < 1.29 is 19.4 Å². The van der Waals surface area contributed by atoms with E-state index in [0.29, 0.717) is 23.6 Å². The van der Waals surface area contributed by atoms with E-state index in [1.165, 1.54) is 12.1 Å². The number of hydrogen-bond acceptors (Lipinski definition) is 3. The van der Waals surface area contributed by atoms with Crippen molar-refractivity contribution in [3.8, 4) is 0 Å². The van der Waals surface area contributed by atoms with E-state index in [4.69, 9.17) is 5.11 Å². The Morgan fingerprint density at radius 2 is 2.19 bits per heavy atom. The zero-order chi connectivity index (χ0) is 15.4. The molecule has 0 heterocycles. The fourth-order valence-corrected chi connectivity index (χ4v) is 2.61. The van der Waals surface area contributed by atoms with Crippen LogP contribution < -0.4 is 0 Å². The molecule has 0 radical (unpaired) electrons. The molecule has 1 aromatic carbocycles. The van der Waals surface area contributed by atoms with Crippen LogP contribution in [0.25, 0.3) is 6.08 Å². The predicted molar refractivity (Wildman–Crippen MR) is 78.1 cm³/mol. The molecule has 1 aliphatic carbocycles. The Labute approximate surface area is 123 Å². The molecule has 1 fully saturated rings. The highest BCUT2D eigenvalue weighted by atomic mass is 19.1. The van der Waals surface area contributed by atoms with E-state index in [2.05, 4.69) is 0 Å². The second kappa shape index (κ2) is 6.83. The molecule has 0 atom stereocenters. The normalized spacial score (nSPS) is 21.7. The van der Waals surface area contributed by atoms with Gasteiger partial charge in [-0.25, -0.2) is 9.18 Å². The summed E-state index contributed by atoms with van der Waals surface area (Å²) in [7, 11) is 1.93. The summed E-state index contributed by atoms with van der Waals surface area (Å²) in [5, 5.41) is 17.8. The molecule has 0 amide bonds. The summed E-state index contributed by atoms with van der Waals surface area (Å²) in [6, 6.07) is 4.73. The molecule has 0 unspecified atom stereocenters. The number of halogens is 1. The van der Waals surface area contributed by atoms with Crippen LogP contribution in [-0.4, -0.2) is 40.8 Å². The van der Waals surface area contributed by atoms with Crippen LogP contribution in [0, 0.1) is 11.7 Å². The molecule has 0 saturated heterocycles. The van der Waals surface area contributed by atoms with Crippen molar-refractivity contribution in [1.29, 1.82) is 0 Å². The molecule has 2 rings (SSSR count). The van der Waals surface area contributed by atoms with Crippen LogP contribution in [0.1, 0.15) is 24.0 Å². The van der Waals surface area contributed by atoms with Crippen molar-refractivity contribution in [2.24, 2.45) is 5.92 Å². The standard InChI is InChI=1S/C16H20FNO3/c1-18(9-12-6-14(19)7-12)10-13-4-2-11(8-15(13)17)3-5-16(20)21/h2-5,8,12,14,19H,6-7,9-10H2,1H3,(H,20,21). The Balaban J connectivity index is 1.92. The van der Waals surface area contributed by atoms with Gasteiger partial charge in [0.2, 0.25) is 0 Å². The van der Waals surface area contributed by atoms with Crippen LogP contribution in [0.2, 0.25) is 0 Å². The van der Waals surface area contributed by atoms with Crippen molar-refractivity contribution in [1.82, 2.24) is 4.90 Å². The summed E-state index contributed by atoms with van der Waals surface area (Å²) < 4.78 is 14.0. The Morgan fingerprint density at radius 1 is 1.48 bits per heavy atom. The van der Waals surface area contributed by atoms with Crippen LogP contribution in [0.4, 0.5) is 4.39 Å². The Kier molecular flexibility index (Phi) is 5.09. The lowest BCUT2D eigenvalue weighted by Crippen LogP contribution is -2.36. The molecule has 0 aromatic heterocycles. The molecule has 1 aromatic rings. The number of carboxylic acids is 1. The third-order valence-corrected chi connectivity index (χ3v) is 3.72. The zero-order valence-electron chi connectivity index (χ0n) is 12.0. The van der Waals surface area contributed by atoms with Gasteiger partial charge in [-0.2, -0.15) is 0 Å². The van der Waals surface area contributed by atoms with E-state index in [0.717, 1.165) is 25.5 Å². The molecule has 5 heteroatoms. The lowest BCUT2D eigenvalue weighted by Gasteiger charge is -2.34. The molecule has 114 valence electrons. The number of aliphatic carboxylic acids is 1. The Bertz CT molecular complexity index is 538. The van der Waals surface area contributed by atoms with Crippen molar-refractivity contribution in [3.05, 3.63) is 41.2 Å². The first kappa shape index (κ1) is 15.7. The van der Waals surface area contributed by atoms with Gasteiger partial charge in [-0.1, -0.05) is 12.1 Å². The maximum absolute atomic E-state index is 14.0. The SMILES string of the molecule is CN(Cc1ccc(C=CC(=O)O)cc1F)CC1CC(O)C1. The largest absolute Gasteiger partial charge is 0.478 e. The summed E-state index contributed by atoms with van der Waals surface area (Å²) >= 11 is 0. The van der Waals surface area contributed by atoms with Gasteiger partial charge in [-0.05, 0) is 43.5 Å². The second-order valence-corrected chi connectivity index (χ2v) is 5.71. The molecule has 0 spiro atoms.